The number of ether oxygens (including phenoxy) is 4. The van der Waals surface area contributed by atoms with Gasteiger partial charge < -0.3 is 101 Å². The molecule has 48 heteroatoms. The molecule has 0 spiro atoms. The molecule has 24 atom stereocenters. The predicted molar refractivity (Wildman–Crippen MR) is 530 cm³/mol. The van der Waals surface area contributed by atoms with Gasteiger partial charge in [0.25, 0.3) is 0 Å². The average Bonchev–Trinajstić information content (AvgIpc) is 1.53. The van der Waals surface area contributed by atoms with Crippen molar-refractivity contribution in [2.24, 2.45) is 0 Å². The van der Waals surface area contributed by atoms with Crippen LogP contribution in [-0.4, -0.2) is 334 Å². The van der Waals surface area contributed by atoms with Crippen molar-refractivity contribution in [1.29, 1.82) is 0 Å². The van der Waals surface area contributed by atoms with Crippen LogP contribution in [0.1, 0.15) is 254 Å². The van der Waals surface area contributed by atoms with E-state index in [-0.39, 0.29) is 125 Å². The zero-order chi connectivity index (χ0) is 140. The van der Waals surface area contributed by atoms with E-state index in [1.807, 2.05) is 6.92 Å². The Bertz CT molecular complexity index is 8820. The smallest absolute Gasteiger partial charge is 0.191 e. The van der Waals surface area contributed by atoms with Gasteiger partial charge in [0.2, 0.25) is 0 Å². The number of halogens is 4. The number of aryl methyl sites for hydroxylation is 4. The molecule has 8 aliphatic carbocycles. The summed E-state index contributed by atoms with van der Waals surface area (Å²) < 4.78 is 429. The van der Waals surface area contributed by atoms with Crippen LogP contribution in [0.3, 0.4) is 0 Å². The Kier molecular flexibility index (Phi) is 21.3. The van der Waals surface area contributed by atoms with Gasteiger partial charge in [0.05, 0.1) is 139 Å². The third kappa shape index (κ3) is 23.8. The van der Waals surface area contributed by atoms with Gasteiger partial charge >= 0.3 is 0 Å². The summed E-state index contributed by atoms with van der Waals surface area (Å²) in [6, 6.07) is -2.64. The largest absolute Gasteiger partial charge is 0.394 e. The second-order valence-electron chi connectivity index (χ2n) is 32.2. The lowest BCUT2D eigenvalue weighted by atomic mass is 10.1. The van der Waals surface area contributed by atoms with E-state index in [0.717, 1.165) is 11.8 Å². The molecule has 0 aliphatic heterocycles. The Balaban J connectivity index is 0.000000163. The summed E-state index contributed by atoms with van der Waals surface area (Å²) >= 11 is 2.61. The van der Waals surface area contributed by atoms with E-state index in [4.69, 9.17) is 71.8 Å². The quantitative estimate of drug-likeness (QED) is 0.00969. The number of nitrogens with one attached hydrogen (secondary N) is 4. The second kappa shape index (κ2) is 47.3. The molecule has 20 rings (SSSR count). The summed E-state index contributed by atoms with van der Waals surface area (Å²) in [6.45, 7) is -6.23. The first-order valence-electron chi connectivity index (χ1n) is 65.2. The van der Waals surface area contributed by atoms with E-state index in [9.17, 15) is 78.8 Å². The lowest BCUT2D eigenvalue weighted by Gasteiger charge is -2.17. The third-order valence-corrected chi connectivity index (χ3v) is 25.7. The Morgan fingerprint density at radius 1 is 0.361 bits per heavy atom. The van der Waals surface area contributed by atoms with Gasteiger partial charge in [-0.25, -0.2) is 76.2 Å². The van der Waals surface area contributed by atoms with Crippen LogP contribution >= 0.6 is 47.0 Å². The molecular formula is C96H124F4N24O16S4. The van der Waals surface area contributed by atoms with Crippen molar-refractivity contribution < 1.29 is 155 Å². The average molecular weight is 2120 g/mol. The molecule has 8 fully saturated rings. The van der Waals surface area contributed by atoms with Gasteiger partial charge in [-0.2, -0.15) is 0 Å². The minimum atomic E-state index is -4.26. The molecule has 16 N–H and O–H groups in total. The van der Waals surface area contributed by atoms with Crippen LogP contribution in [0.5, 0.6) is 0 Å². The SMILES string of the molecule is [2H]C([2H])(CC)Sc1nc(N[C@]2([2H])C[C@H]2c2ccc(C)c(F)c2)c2nnn([C@]3([2H])C([2H])([2H])[C@]([2H])(OCCO)[C@@]([2H])(O)[C@@]3([2H])O)c2n1.[2H]C([2H])(CO)O[C@@]1([2H])C([2H])([2H])[C@@]([2H])(n2nnc3c(N[C@]4([2H])C[C@H]4c4ccc(C)c(F)c4)nc(SC([2H])([2H])CC)nc32)[C@]([2H])(O)[C@]1([2H])O.[2H]C([2H])(O)C([2H])([2H])O[C@@]1([2H])C([2H])([2H])[C@@]([2H])(n2nnc3c(N[C@]4([2H])C[C@H]4c4ccc(C)c(F)c4)nc(SCCC)nc32)[C@]([2H])(O)[C@]1([2H])O.[2H]C([2H])(O)CO[C@@]1([2H])C([2H])([2H])[C@@]([2H])(n2nnc3c(N[C@]4([2H])C[C@H]4c4ccc(C)c(F)c4)nc(SC([2H])([2H])CC)nc32)[C@]([2H])(O)[C@]1([2H])O. The summed E-state index contributed by atoms with van der Waals surface area (Å²) in [5.41, 5.74) is -6.01. The zero-order valence-electron chi connectivity index (χ0n) is 119. The van der Waals surface area contributed by atoms with Crippen molar-refractivity contribution in [1.82, 2.24) is 99.8 Å². The van der Waals surface area contributed by atoms with Crippen LogP contribution in [-0.2, 0) is 18.9 Å². The number of rotatable bonds is 40. The molecule has 0 radical (unpaired) electrons. The Labute approximate surface area is 902 Å². The number of benzene rings is 4. The molecule has 8 saturated carbocycles. The molecule has 8 aromatic heterocycles. The second-order valence-corrected chi connectivity index (χ2v) is 35.8. The summed E-state index contributed by atoms with van der Waals surface area (Å²) in [5.74, 6) is -4.43. The summed E-state index contributed by atoms with van der Waals surface area (Å²) in [4.78, 5) is 34.0. The van der Waals surface area contributed by atoms with Crippen molar-refractivity contribution in [2.45, 2.75) is 298 Å². The van der Waals surface area contributed by atoms with Gasteiger partial charge in [-0.15, -0.1) is 20.4 Å². The van der Waals surface area contributed by atoms with E-state index in [1.165, 1.54) is 38.1 Å². The summed E-state index contributed by atoms with van der Waals surface area (Å²) in [7, 11) is 0. The number of hydrogen-bond acceptors (Lipinski definition) is 40. The van der Waals surface area contributed by atoms with Crippen molar-refractivity contribution in [3.8, 4) is 0 Å². The van der Waals surface area contributed by atoms with Crippen LogP contribution in [0, 0.1) is 51.0 Å². The molecule has 0 unspecified atom stereocenters. The summed E-state index contributed by atoms with van der Waals surface area (Å²) in [5, 5.41) is 167. The first kappa shape index (κ1) is 64.7. The Morgan fingerprint density at radius 3 is 0.896 bits per heavy atom. The van der Waals surface area contributed by atoms with Gasteiger partial charge in [-0.3, -0.25) is 0 Å². The number of aliphatic hydroxyl groups excluding tert-OH is 2. The maximum absolute atomic E-state index is 14.3. The zero-order valence-corrected chi connectivity index (χ0v) is 80.3. The van der Waals surface area contributed by atoms with Crippen LogP contribution in [0.4, 0.5) is 40.8 Å². The number of thioether (sulfide) groups is 4. The Morgan fingerprint density at radius 2 is 0.639 bits per heavy atom. The fourth-order valence-electron chi connectivity index (χ4n) is 14.5. The Hall–Kier alpha value is -9.52. The highest BCUT2D eigenvalue weighted by Gasteiger charge is 2.51. The highest BCUT2D eigenvalue weighted by molar-refractivity contribution is 7.99. The fourth-order valence-corrected chi connectivity index (χ4v) is 16.8. The van der Waals surface area contributed by atoms with Crippen molar-refractivity contribution >= 4 is 115 Å². The number of anilines is 4. The fraction of sp³-hybridized carbons (Fsp3) is 0.583. The first-order chi connectivity index (χ1) is 84.6. The molecule has 40 nitrogen and oxygen atoms in total. The third-order valence-electron chi connectivity index (χ3n) is 22.2. The van der Waals surface area contributed by atoms with Crippen molar-refractivity contribution in [3.05, 3.63) is 141 Å². The van der Waals surface area contributed by atoms with Crippen LogP contribution in [0.25, 0.3) is 44.7 Å². The van der Waals surface area contributed by atoms with E-state index in [0.29, 0.717) is 96.6 Å². The molecule has 0 saturated heterocycles. The highest BCUT2D eigenvalue weighted by atomic mass is 32.2. The molecule has 144 heavy (non-hydrogen) atoms. The minimum Gasteiger partial charge on any atom is -0.394 e. The topological polar surface area (TPSA) is 554 Å². The van der Waals surface area contributed by atoms with Gasteiger partial charge in [0.1, 0.15) is 71.9 Å². The van der Waals surface area contributed by atoms with Crippen LogP contribution in [0.15, 0.2) is 93.4 Å². The van der Waals surface area contributed by atoms with Crippen molar-refractivity contribution in [2.75, 3.05) is 96.8 Å². The van der Waals surface area contributed by atoms with E-state index >= 15 is 0 Å². The molecular weight excluding hydrogens is 1950 g/mol. The van der Waals surface area contributed by atoms with E-state index in [2.05, 4.69) is 107 Å². The normalized spacial score (nSPS) is 44.2. The molecule has 12 aromatic rings. The van der Waals surface area contributed by atoms with Gasteiger partial charge in [-0.1, -0.05) is 144 Å². The summed E-state index contributed by atoms with van der Waals surface area (Å²) in [6.07, 6.45) is -62.0. The van der Waals surface area contributed by atoms with E-state index in [1.54, 1.807) is 83.1 Å². The molecule has 8 aliphatic rings. The number of nitrogens with zero attached hydrogens (tertiary/aromatic N) is 20. The van der Waals surface area contributed by atoms with Gasteiger partial charge in [0, 0.05) is 115 Å². The molecule has 4 aromatic carbocycles. The van der Waals surface area contributed by atoms with E-state index < -0.39 is 286 Å². The number of aromatic nitrogens is 20. The van der Waals surface area contributed by atoms with Crippen molar-refractivity contribution in [3.63, 3.8) is 0 Å². The number of aliphatic hydroxyl groups is 12. The minimum absolute atomic E-state index is 0.00435. The number of hydrogen-bond donors (Lipinski definition) is 16. The van der Waals surface area contributed by atoms with Crippen LogP contribution < -0.4 is 21.3 Å². The maximum Gasteiger partial charge on any atom is 0.191 e. The molecule has 8 heterocycles. The predicted octanol–water partition coefficient (Wildman–Crippen LogP) is 8.73. The maximum atomic E-state index is 14.3. The monoisotopic (exact) mass is 2120 g/mol. The lowest BCUT2D eigenvalue weighted by Crippen LogP contribution is -2.33. The lowest BCUT2D eigenvalue weighted by molar-refractivity contribution is -0.0629. The van der Waals surface area contributed by atoms with Crippen LogP contribution in [0.2, 0.25) is 0 Å². The van der Waals surface area contributed by atoms with Gasteiger partial charge in [0.15, 0.2) is 88.6 Å². The first-order valence-corrected chi connectivity index (χ1v) is 47.6. The highest BCUT2D eigenvalue weighted by Crippen LogP contribution is 2.50. The number of fused-ring (bicyclic) bond motifs is 4. The standard InChI is InChI=1S/4C24H31FN6O4S/c4*1-3-8-36-24-27-22(26-16-10-14(16)13-5-4-12(2)15(25)9-13)19-23(28-24)31(30-29-19)17-11-18(35-7-6-32)21(34)20(17)33/h4*4-5,9,14,16-18,20-21,32-34H,3,6-8,10-11H2,1-2H3,(H,26,27,28)/t4*14-,16+,17+,18-,20-,21+/m0000/s1/i7D2,8D2,11D2,16D,17D,18D,20D,21D;6D2,8D2,11D2,16D,17D,18D,20D,21D;6D2,7D2,11D2,16D,17D,18D,20D,21D;8D2,11D2,16D,17D,18D,20D,21D. The molecule has 0 amide bonds. The molecule has 0 bridgehead atoms. The molecule has 776 valence electrons. The van der Waals surface area contributed by atoms with Gasteiger partial charge in [-0.05, 0) is 148 Å².